The number of carbonyl (C=O) groups excluding carboxylic acids is 6. The van der Waals surface area contributed by atoms with E-state index in [1.807, 2.05) is 45.0 Å². The van der Waals surface area contributed by atoms with E-state index < -0.39 is 84.3 Å². The summed E-state index contributed by atoms with van der Waals surface area (Å²) in [5.41, 5.74) is 7.00. The predicted octanol–water partition coefficient (Wildman–Crippen LogP) is 2.64. The number of hydrogen-bond acceptors (Lipinski definition) is 10. The Morgan fingerprint density at radius 3 is 2.18 bits per heavy atom. The average Bonchev–Trinajstić information content (AvgIpc) is 3.18. The molecule has 3 rings (SSSR count). The highest BCUT2D eigenvalue weighted by molar-refractivity contribution is 5.96. The largest absolute Gasteiger partial charge is 0.494 e. The molecule has 0 radical (unpaired) electrons. The molecular weight excluding hydrogens is 732 g/mol. The number of benzene rings is 1. The van der Waals surface area contributed by atoms with E-state index in [0.29, 0.717) is 31.4 Å². The molecule has 1 aromatic carbocycles. The monoisotopic (exact) mass is 801 g/mol. The molecule has 7 atom stereocenters. The minimum absolute atomic E-state index is 0.0265. The Morgan fingerprint density at radius 1 is 0.877 bits per heavy atom. The number of aliphatic hydroxyl groups is 1. The van der Waals surface area contributed by atoms with Crippen molar-refractivity contribution < 1.29 is 43.3 Å². The number of unbranched alkanes of at least 4 members (excludes halogenated alkanes) is 3. The lowest BCUT2D eigenvalue weighted by Crippen LogP contribution is -2.62. The molecule has 0 bridgehead atoms. The Morgan fingerprint density at radius 2 is 1.56 bits per heavy atom. The fourth-order valence-corrected chi connectivity index (χ4v) is 7.57. The third kappa shape index (κ3) is 14.9. The quantitative estimate of drug-likeness (QED) is 0.119. The molecule has 1 saturated carbocycles. The first-order valence-electron chi connectivity index (χ1n) is 20.9. The van der Waals surface area contributed by atoms with E-state index in [2.05, 4.69) is 28.2 Å². The molecule has 1 aromatic rings. The van der Waals surface area contributed by atoms with Crippen LogP contribution in [0.2, 0.25) is 0 Å². The van der Waals surface area contributed by atoms with Gasteiger partial charge in [0.1, 0.15) is 42.6 Å². The number of nitrogens with one attached hydrogen (secondary N) is 4. The van der Waals surface area contributed by atoms with Crippen LogP contribution in [0, 0.1) is 24.7 Å². The van der Waals surface area contributed by atoms with Gasteiger partial charge in [0.15, 0.2) is 0 Å². The number of amides is 5. The lowest BCUT2D eigenvalue weighted by Gasteiger charge is -2.36. The summed E-state index contributed by atoms with van der Waals surface area (Å²) in [4.78, 5) is 85.0. The van der Waals surface area contributed by atoms with Crippen LogP contribution in [0.1, 0.15) is 110 Å². The molecule has 0 unspecified atom stereocenters. The van der Waals surface area contributed by atoms with Crippen LogP contribution in [0.15, 0.2) is 24.3 Å². The second-order valence-electron chi connectivity index (χ2n) is 16.2. The first-order valence-corrected chi connectivity index (χ1v) is 20.9. The number of likely N-dealkylation sites (N-methyl/N-ethyl adjacent to an activating group) is 1. The number of nitrogens with zero attached hydrogens (tertiary/aromatic N) is 1. The van der Waals surface area contributed by atoms with E-state index in [1.54, 1.807) is 7.05 Å². The Kier molecular flexibility index (Phi) is 19.7. The summed E-state index contributed by atoms with van der Waals surface area (Å²) in [7, 11) is 1.56. The molecule has 2 fully saturated rings. The molecule has 0 spiro atoms. The van der Waals surface area contributed by atoms with Gasteiger partial charge in [-0.15, -0.1) is 0 Å². The van der Waals surface area contributed by atoms with Crippen molar-refractivity contribution in [1.82, 2.24) is 26.2 Å². The highest BCUT2D eigenvalue weighted by atomic mass is 16.5. The van der Waals surface area contributed by atoms with Crippen molar-refractivity contribution in [2.24, 2.45) is 23.5 Å². The molecule has 2 aliphatic rings. The zero-order chi connectivity index (χ0) is 42.1. The number of hydrogen-bond donors (Lipinski definition) is 6. The molecule has 5 amide bonds. The van der Waals surface area contributed by atoms with Gasteiger partial charge in [0.05, 0.1) is 18.6 Å². The van der Waals surface area contributed by atoms with E-state index in [-0.39, 0.29) is 37.8 Å². The van der Waals surface area contributed by atoms with Crippen molar-refractivity contribution in [2.75, 3.05) is 26.7 Å². The van der Waals surface area contributed by atoms with Crippen molar-refractivity contribution >= 4 is 35.5 Å². The smallest absolute Gasteiger partial charge is 0.325 e. The number of aryl methyl sites for hydroxylation is 1. The van der Waals surface area contributed by atoms with Crippen LogP contribution in [-0.2, 0) is 33.5 Å². The first kappa shape index (κ1) is 47.1. The molecule has 0 aromatic heterocycles. The number of nitrogens with two attached hydrogens (primary N) is 1. The lowest BCUT2D eigenvalue weighted by atomic mass is 9.83. The molecule has 15 heteroatoms. The standard InChI is InChI=1S/C42H68N6O9/c1-7-8-9-13-16-34-31(21-22-56-30-19-17-27(4)18-20-30)42(55)48(6)33(23-26(2)3)39(52)47-37(29-14-11-10-12-15-29)41(54)45-32(24-43)38(51)46-36(28(5)49)40(53)44-25-35(50)57-34/h17-20,26,28-29,31-34,36-37,49H,7-16,21-25,43H2,1-6H3,(H,44,53)(H,45,54)(H,46,51)(H,47,52)/t28-,31+,32-,33-,34+,36-,37-/m0/s1. The number of ether oxygens (including phenoxy) is 2. The van der Waals surface area contributed by atoms with Crippen molar-refractivity contribution in [3.05, 3.63) is 29.8 Å². The number of rotatable bonds is 14. The maximum absolute atomic E-state index is 14.8. The Balaban J connectivity index is 2.10. The topological polar surface area (TPSA) is 218 Å². The summed E-state index contributed by atoms with van der Waals surface area (Å²) in [5, 5.41) is 21.0. The molecule has 1 heterocycles. The molecule has 320 valence electrons. The third-order valence-corrected chi connectivity index (χ3v) is 11.0. The maximum atomic E-state index is 14.8. The highest BCUT2D eigenvalue weighted by Gasteiger charge is 2.41. The zero-order valence-electron chi connectivity index (χ0n) is 34.8. The van der Waals surface area contributed by atoms with Gasteiger partial charge >= 0.3 is 5.97 Å². The minimum atomic E-state index is -1.50. The molecule has 1 saturated heterocycles. The molecule has 15 nitrogen and oxygen atoms in total. The van der Waals surface area contributed by atoms with Gasteiger partial charge in [0.25, 0.3) is 0 Å². The fraction of sp³-hybridized carbons (Fsp3) is 0.714. The summed E-state index contributed by atoms with van der Waals surface area (Å²) in [6, 6.07) is 2.65. The van der Waals surface area contributed by atoms with Crippen LogP contribution in [0.25, 0.3) is 0 Å². The molecule has 1 aliphatic heterocycles. The van der Waals surface area contributed by atoms with E-state index in [1.165, 1.54) is 11.8 Å². The third-order valence-electron chi connectivity index (χ3n) is 11.0. The van der Waals surface area contributed by atoms with Crippen molar-refractivity contribution in [3.63, 3.8) is 0 Å². The normalized spacial score (nSPS) is 25.9. The summed E-state index contributed by atoms with van der Waals surface area (Å²) >= 11 is 0. The summed E-state index contributed by atoms with van der Waals surface area (Å²) in [6.45, 7) is 8.37. The summed E-state index contributed by atoms with van der Waals surface area (Å²) in [6.07, 6.45) is 5.86. The number of esters is 1. The second-order valence-corrected chi connectivity index (χ2v) is 16.2. The molecule has 57 heavy (non-hydrogen) atoms. The van der Waals surface area contributed by atoms with Crippen LogP contribution in [-0.4, -0.2) is 109 Å². The van der Waals surface area contributed by atoms with Gasteiger partial charge in [-0.2, -0.15) is 0 Å². The van der Waals surface area contributed by atoms with E-state index in [9.17, 15) is 33.9 Å². The van der Waals surface area contributed by atoms with Crippen molar-refractivity contribution in [1.29, 1.82) is 0 Å². The number of aliphatic hydroxyl groups excluding tert-OH is 1. The number of carbonyl (C=O) groups is 6. The van der Waals surface area contributed by atoms with Crippen LogP contribution >= 0.6 is 0 Å². The van der Waals surface area contributed by atoms with Crippen LogP contribution in [0.4, 0.5) is 0 Å². The van der Waals surface area contributed by atoms with Crippen LogP contribution in [0.3, 0.4) is 0 Å². The van der Waals surface area contributed by atoms with Gasteiger partial charge in [0, 0.05) is 13.6 Å². The Labute approximate surface area is 338 Å². The van der Waals surface area contributed by atoms with E-state index in [4.69, 9.17) is 15.2 Å². The van der Waals surface area contributed by atoms with Gasteiger partial charge in [-0.25, -0.2) is 0 Å². The minimum Gasteiger partial charge on any atom is -0.494 e. The van der Waals surface area contributed by atoms with Gasteiger partial charge in [-0.1, -0.05) is 77.0 Å². The van der Waals surface area contributed by atoms with E-state index >= 15 is 0 Å². The molecular formula is C42H68N6O9. The molecule has 1 aliphatic carbocycles. The van der Waals surface area contributed by atoms with Crippen molar-refractivity contribution in [3.8, 4) is 5.75 Å². The van der Waals surface area contributed by atoms with Crippen LogP contribution in [0.5, 0.6) is 5.75 Å². The summed E-state index contributed by atoms with van der Waals surface area (Å²) < 4.78 is 12.1. The highest BCUT2D eigenvalue weighted by Crippen LogP contribution is 2.28. The second kappa shape index (κ2) is 23.9. The summed E-state index contributed by atoms with van der Waals surface area (Å²) in [5.74, 6) is -4.67. The Hall–Kier alpha value is -4.24. The predicted molar refractivity (Wildman–Crippen MR) is 216 cm³/mol. The Bertz CT molecular complexity index is 1470. The van der Waals surface area contributed by atoms with Gasteiger partial charge in [0.2, 0.25) is 29.5 Å². The number of cyclic esters (lactones) is 1. The van der Waals surface area contributed by atoms with Crippen LogP contribution < -0.4 is 31.7 Å². The maximum Gasteiger partial charge on any atom is 0.325 e. The molecule has 7 N–H and O–H groups in total. The van der Waals surface area contributed by atoms with Gasteiger partial charge in [-0.05, 0) is 76.3 Å². The fourth-order valence-electron chi connectivity index (χ4n) is 7.57. The van der Waals surface area contributed by atoms with E-state index in [0.717, 1.165) is 44.1 Å². The average molecular weight is 801 g/mol. The zero-order valence-corrected chi connectivity index (χ0v) is 34.8. The first-order chi connectivity index (χ1) is 27.2. The van der Waals surface area contributed by atoms with Gasteiger partial charge in [-0.3, -0.25) is 28.8 Å². The van der Waals surface area contributed by atoms with Gasteiger partial charge < -0.3 is 46.5 Å². The lowest BCUT2D eigenvalue weighted by molar-refractivity contribution is -0.159. The SMILES string of the molecule is CCCCCC[C@H]1OC(=O)CNC(=O)[C@H]([C@H](C)O)NC(=O)[C@H](CN)NC(=O)[C@H](C2CCCCC2)NC(=O)[C@H](CC(C)C)N(C)C(=O)[C@@H]1CCOc1ccc(C)cc1. The van der Waals surface area contributed by atoms with Crippen molar-refractivity contribution in [2.45, 2.75) is 148 Å².